The molecule has 1 aliphatic rings. The molecular formula is C18H34O4. The van der Waals surface area contributed by atoms with Gasteiger partial charge in [0, 0.05) is 6.42 Å². The highest BCUT2D eigenvalue weighted by Crippen LogP contribution is 2.32. The molecule has 0 amide bonds. The van der Waals surface area contributed by atoms with E-state index in [1.165, 1.54) is 25.7 Å². The lowest BCUT2D eigenvalue weighted by atomic mass is 10.0. The van der Waals surface area contributed by atoms with Crippen LogP contribution in [0.1, 0.15) is 90.4 Å². The number of hydrogen-bond donors (Lipinski definition) is 2. The lowest BCUT2D eigenvalue weighted by molar-refractivity contribution is -0.137. The Bertz CT molecular complexity index is 293. The maximum Gasteiger partial charge on any atom is 0.303 e. The summed E-state index contributed by atoms with van der Waals surface area (Å²) in [5.74, 6) is -0.696. The number of aliphatic carboxylic acids is 1. The lowest BCUT2D eigenvalue weighted by Crippen LogP contribution is -2.16. The van der Waals surface area contributed by atoms with Crippen molar-refractivity contribution in [3.8, 4) is 0 Å². The third-order valence-corrected chi connectivity index (χ3v) is 4.48. The van der Waals surface area contributed by atoms with Gasteiger partial charge >= 0.3 is 5.97 Å². The average molecular weight is 314 g/mol. The molecule has 0 aromatic heterocycles. The van der Waals surface area contributed by atoms with Gasteiger partial charge in [-0.3, -0.25) is 4.79 Å². The molecular weight excluding hydrogens is 280 g/mol. The van der Waals surface area contributed by atoms with Crippen LogP contribution in [0.3, 0.4) is 0 Å². The van der Waals surface area contributed by atoms with Gasteiger partial charge in [-0.25, -0.2) is 0 Å². The first-order chi connectivity index (χ1) is 10.6. The minimum absolute atomic E-state index is 0.0817. The van der Waals surface area contributed by atoms with E-state index < -0.39 is 5.97 Å². The molecule has 4 heteroatoms. The average Bonchev–Trinajstić information content (AvgIpc) is 3.25. The standard InChI is InChI=1S/C18H34O4/c1-2-3-4-6-9-12-15(19)18-16(22-18)13-10-7-5-8-11-14-17(20)21/h15-16,18-19H,2-14H2,1H3,(H,20,21)/t15?,16-,18-/m1/s1. The van der Waals surface area contributed by atoms with Crippen molar-refractivity contribution < 1.29 is 19.7 Å². The number of epoxide rings is 1. The van der Waals surface area contributed by atoms with Crippen molar-refractivity contribution in [1.29, 1.82) is 0 Å². The van der Waals surface area contributed by atoms with Crippen LogP contribution in [0.25, 0.3) is 0 Å². The second-order valence-electron chi connectivity index (χ2n) is 6.61. The van der Waals surface area contributed by atoms with Gasteiger partial charge in [0.05, 0.1) is 12.2 Å². The topological polar surface area (TPSA) is 70.1 Å². The zero-order chi connectivity index (χ0) is 16.2. The van der Waals surface area contributed by atoms with E-state index in [9.17, 15) is 9.90 Å². The number of carbonyl (C=O) groups is 1. The number of ether oxygens (including phenoxy) is 1. The number of unbranched alkanes of at least 4 members (excludes halogenated alkanes) is 8. The second kappa shape index (κ2) is 11.9. The van der Waals surface area contributed by atoms with Crippen LogP contribution in [0.5, 0.6) is 0 Å². The summed E-state index contributed by atoms with van der Waals surface area (Å²) in [6.45, 7) is 2.21. The number of aliphatic hydroxyl groups is 1. The second-order valence-corrected chi connectivity index (χ2v) is 6.61. The van der Waals surface area contributed by atoms with E-state index in [0.717, 1.165) is 51.4 Å². The van der Waals surface area contributed by atoms with Gasteiger partial charge in [0.1, 0.15) is 6.10 Å². The molecule has 0 bridgehead atoms. The van der Waals surface area contributed by atoms with Crippen LogP contribution in [0.2, 0.25) is 0 Å². The number of rotatable bonds is 15. The number of carboxylic acid groups (broad SMARTS) is 1. The van der Waals surface area contributed by atoms with Gasteiger partial charge in [-0.05, 0) is 19.3 Å². The van der Waals surface area contributed by atoms with Crippen LogP contribution in [0.4, 0.5) is 0 Å². The van der Waals surface area contributed by atoms with Gasteiger partial charge in [-0.1, -0.05) is 64.7 Å². The van der Waals surface area contributed by atoms with E-state index in [1.54, 1.807) is 0 Å². The smallest absolute Gasteiger partial charge is 0.303 e. The van der Waals surface area contributed by atoms with Crippen molar-refractivity contribution in [2.24, 2.45) is 0 Å². The predicted octanol–water partition coefficient (Wildman–Crippen LogP) is 4.29. The summed E-state index contributed by atoms with van der Waals surface area (Å²) in [5, 5.41) is 18.6. The first kappa shape index (κ1) is 19.4. The van der Waals surface area contributed by atoms with Crippen LogP contribution in [-0.2, 0) is 9.53 Å². The van der Waals surface area contributed by atoms with Crippen LogP contribution in [0.15, 0.2) is 0 Å². The molecule has 0 spiro atoms. The summed E-state index contributed by atoms with van der Waals surface area (Å²) in [4.78, 5) is 10.4. The molecule has 0 radical (unpaired) electrons. The Morgan fingerprint density at radius 3 is 2.36 bits per heavy atom. The van der Waals surface area contributed by atoms with Gasteiger partial charge in [0.15, 0.2) is 0 Å². The van der Waals surface area contributed by atoms with E-state index in [4.69, 9.17) is 9.84 Å². The normalized spacial score (nSPS) is 21.7. The van der Waals surface area contributed by atoms with E-state index in [-0.39, 0.29) is 24.7 Å². The lowest BCUT2D eigenvalue weighted by Gasteiger charge is -2.07. The minimum Gasteiger partial charge on any atom is -0.481 e. The number of aliphatic hydroxyl groups excluding tert-OH is 1. The third-order valence-electron chi connectivity index (χ3n) is 4.48. The van der Waals surface area contributed by atoms with Crippen molar-refractivity contribution in [2.45, 2.75) is 109 Å². The molecule has 4 nitrogen and oxygen atoms in total. The maximum absolute atomic E-state index is 10.4. The molecule has 1 aliphatic heterocycles. The summed E-state index contributed by atoms with van der Waals surface area (Å²) in [6.07, 6.45) is 13.6. The summed E-state index contributed by atoms with van der Waals surface area (Å²) < 4.78 is 5.59. The number of hydrogen-bond acceptors (Lipinski definition) is 3. The molecule has 1 unspecified atom stereocenters. The molecule has 0 aliphatic carbocycles. The Kier molecular flexibility index (Phi) is 10.5. The Labute approximate surface area is 135 Å². The van der Waals surface area contributed by atoms with Crippen molar-refractivity contribution in [2.75, 3.05) is 0 Å². The van der Waals surface area contributed by atoms with Crippen LogP contribution in [-0.4, -0.2) is 34.5 Å². The fraction of sp³-hybridized carbons (Fsp3) is 0.944. The molecule has 130 valence electrons. The van der Waals surface area contributed by atoms with E-state index in [1.807, 2.05) is 0 Å². The Balaban J connectivity index is 1.87. The zero-order valence-corrected chi connectivity index (χ0v) is 14.1. The summed E-state index contributed by atoms with van der Waals surface area (Å²) in [5.41, 5.74) is 0. The SMILES string of the molecule is CCCCCCCC(O)[C@H]1O[C@@H]1CCCCCCCC(=O)O. The van der Waals surface area contributed by atoms with Gasteiger partial charge in [0.25, 0.3) is 0 Å². The minimum atomic E-state index is -0.696. The molecule has 0 aromatic carbocycles. The summed E-state index contributed by atoms with van der Waals surface area (Å²) >= 11 is 0. The molecule has 1 rings (SSSR count). The van der Waals surface area contributed by atoms with E-state index >= 15 is 0 Å². The first-order valence-electron chi connectivity index (χ1n) is 9.20. The summed E-state index contributed by atoms with van der Waals surface area (Å²) in [7, 11) is 0. The fourth-order valence-corrected chi connectivity index (χ4v) is 3.00. The van der Waals surface area contributed by atoms with Crippen LogP contribution >= 0.6 is 0 Å². The maximum atomic E-state index is 10.4. The zero-order valence-electron chi connectivity index (χ0n) is 14.1. The molecule has 0 saturated carbocycles. The molecule has 1 saturated heterocycles. The van der Waals surface area contributed by atoms with Crippen molar-refractivity contribution in [1.82, 2.24) is 0 Å². The third kappa shape index (κ3) is 9.42. The number of carboxylic acids is 1. The predicted molar refractivity (Wildman–Crippen MR) is 88.0 cm³/mol. The molecule has 22 heavy (non-hydrogen) atoms. The van der Waals surface area contributed by atoms with Crippen molar-refractivity contribution >= 4 is 5.97 Å². The van der Waals surface area contributed by atoms with Gasteiger partial charge < -0.3 is 14.9 Å². The van der Waals surface area contributed by atoms with Crippen molar-refractivity contribution in [3.63, 3.8) is 0 Å². The highest BCUT2D eigenvalue weighted by atomic mass is 16.6. The quantitative estimate of drug-likeness (QED) is 0.349. The van der Waals surface area contributed by atoms with Crippen LogP contribution in [0, 0.1) is 0 Å². The van der Waals surface area contributed by atoms with E-state index in [0.29, 0.717) is 0 Å². The largest absolute Gasteiger partial charge is 0.481 e. The van der Waals surface area contributed by atoms with Gasteiger partial charge in [-0.15, -0.1) is 0 Å². The first-order valence-corrected chi connectivity index (χ1v) is 9.20. The summed E-state index contributed by atoms with van der Waals surface area (Å²) in [6, 6.07) is 0. The Morgan fingerprint density at radius 2 is 1.64 bits per heavy atom. The Hall–Kier alpha value is -0.610. The van der Waals surface area contributed by atoms with Crippen LogP contribution < -0.4 is 0 Å². The monoisotopic (exact) mass is 314 g/mol. The molecule has 1 fully saturated rings. The van der Waals surface area contributed by atoms with Crippen molar-refractivity contribution in [3.05, 3.63) is 0 Å². The Morgan fingerprint density at radius 1 is 1.00 bits per heavy atom. The van der Waals surface area contributed by atoms with Gasteiger partial charge in [0.2, 0.25) is 0 Å². The van der Waals surface area contributed by atoms with Gasteiger partial charge in [-0.2, -0.15) is 0 Å². The molecule has 0 aromatic rings. The molecule has 2 N–H and O–H groups in total. The van der Waals surface area contributed by atoms with E-state index in [2.05, 4.69) is 6.92 Å². The molecule has 1 heterocycles. The molecule has 3 atom stereocenters. The highest BCUT2D eigenvalue weighted by Gasteiger charge is 2.42. The highest BCUT2D eigenvalue weighted by molar-refractivity contribution is 5.66. The fourth-order valence-electron chi connectivity index (χ4n) is 3.00.